The summed E-state index contributed by atoms with van der Waals surface area (Å²) in [6, 6.07) is 8.75. The van der Waals surface area contributed by atoms with Crippen molar-refractivity contribution in [3.63, 3.8) is 0 Å². The van der Waals surface area contributed by atoms with Crippen LogP contribution in [0.5, 0.6) is 0 Å². The van der Waals surface area contributed by atoms with Gasteiger partial charge >= 0.3 is 0 Å². The first kappa shape index (κ1) is 12.6. The molecule has 0 amide bonds. The lowest BCUT2D eigenvalue weighted by molar-refractivity contribution is 0.627. The summed E-state index contributed by atoms with van der Waals surface area (Å²) < 4.78 is 13.4. The minimum absolute atomic E-state index is 0.299. The molecular weight excluding hydrogens is 253 g/mol. The second kappa shape index (κ2) is 4.93. The molecule has 1 aromatic heterocycles. The minimum atomic E-state index is -0.299. The van der Waals surface area contributed by atoms with Gasteiger partial charge in [-0.15, -0.1) is 0 Å². The number of rotatable bonds is 2. The Hall–Kier alpha value is -2.41. The van der Waals surface area contributed by atoms with Gasteiger partial charge in [0, 0.05) is 11.4 Å². The van der Waals surface area contributed by atoms with Crippen LogP contribution in [0, 0.1) is 24.1 Å². The monoisotopic (exact) mass is 267 g/mol. The summed E-state index contributed by atoms with van der Waals surface area (Å²) in [7, 11) is 0. The SMILES string of the molecule is Cc1cc(F)cc(Nc2nc3c(cc2C#N)CCC3)c1. The molecule has 20 heavy (non-hydrogen) atoms. The first-order chi connectivity index (χ1) is 9.65. The average Bonchev–Trinajstić information content (AvgIpc) is 2.83. The van der Waals surface area contributed by atoms with Gasteiger partial charge in [0.25, 0.3) is 0 Å². The highest BCUT2D eigenvalue weighted by Crippen LogP contribution is 2.27. The van der Waals surface area contributed by atoms with E-state index in [9.17, 15) is 9.65 Å². The number of pyridine rings is 1. The molecule has 1 aliphatic rings. The molecule has 0 fully saturated rings. The van der Waals surface area contributed by atoms with E-state index in [0.717, 1.165) is 36.1 Å². The van der Waals surface area contributed by atoms with E-state index in [1.807, 2.05) is 19.1 Å². The number of aromatic nitrogens is 1. The van der Waals surface area contributed by atoms with Crippen LogP contribution in [0.1, 0.15) is 28.8 Å². The van der Waals surface area contributed by atoms with Gasteiger partial charge < -0.3 is 5.32 Å². The van der Waals surface area contributed by atoms with Crippen molar-refractivity contribution in [1.29, 1.82) is 5.26 Å². The van der Waals surface area contributed by atoms with Crippen LogP contribution in [0.25, 0.3) is 0 Å². The van der Waals surface area contributed by atoms with Gasteiger partial charge in [-0.3, -0.25) is 0 Å². The molecule has 1 aliphatic carbocycles. The molecule has 2 aromatic rings. The molecule has 0 atom stereocenters. The standard InChI is InChI=1S/C16H14FN3/c1-10-5-13(17)8-14(6-10)19-16-12(9-18)7-11-3-2-4-15(11)20-16/h5-8H,2-4H2,1H3,(H,19,20). The zero-order valence-corrected chi connectivity index (χ0v) is 11.2. The predicted molar refractivity (Wildman–Crippen MR) is 75.4 cm³/mol. The average molecular weight is 267 g/mol. The van der Waals surface area contributed by atoms with E-state index in [1.54, 1.807) is 0 Å². The normalized spacial score (nSPS) is 12.8. The molecule has 1 N–H and O–H groups in total. The minimum Gasteiger partial charge on any atom is -0.339 e. The molecule has 0 saturated heterocycles. The number of hydrogen-bond acceptors (Lipinski definition) is 3. The number of fused-ring (bicyclic) bond motifs is 1. The molecular formula is C16H14FN3. The van der Waals surface area contributed by atoms with E-state index in [2.05, 4.69) is 16.4 Å². The zero-order chi connectivity index (χ0) is 14.1. The van der Waals surface area contributed by atoms with Gasteiger partial charge in [0.05, 0.1) is 5.56 Å². The summed E-state index contributed by atoms with van der Waals surface area (Å²) in [4.78, 5) is 4.52. The largest absolute Gasteiger partial charge is 0.339 e. The summed E-state index contributed by atoms with van der Waals surface area (Å²) in [6.45, 7) is 1.83. The molecule has 0 radical (unpaired) electrons. The number of nitrogens with zero attached hydrogens (tertiary/aromatic N) is 2. The summed E-state index contributed by atoms with van der Waals surface area (Å²) in [5.74, 6) is 0.213. The Labute approximate surface area is 117 Å². The number of anilines is 2. The van der Waals surface area contributed by atoms with Gasteiger partial charge in [0.15, 0.2) is 0 Å². The summed E-state index contributed by atoms with van der Waals surface area (Å²) in [6.07, 6.45) is 3.00. The van der Waals surface area contributed by atoms with Crippen LogP contribution in [-0.4, -0.2) is 4.98 Å². The lowest BCUT2D eigenvalue weighted by atomic mass is 10.1. The summed E-state index contributed by atoms with van der Waals surface area (Å²) in [5.41, 5.74) is 4.14. The third-order valence-electron chi connectivity index (χ3n) is 3.48. The van der Waals surface area contributed by atoms with E-state index in [4.69, 9.17) is 0 Å². The van der Waals surface area contributed by atoms with Crippen LogP contribution < -0.4 is 5.32 Å². The van der Waals surface area contributed by atoms with E-state index >= 15 is 0 Å². The third kappa shape index (κ3) is 2.35. The first-order valence-electron chi connectivity index (χ1n) is 6.63. The van der Waals surface area contributed by atoms with Crippen molar-refractivity contribution in [2.24, 2.45) is 0 Å². The Morgan fingerprint density at radius 1 is 1.25 bits per heavy atom. The van der Waals surface area contributed by atoms with Gasteiger partial charge in [0.1, 0.15) is 17.7 Å². The van der Waals surface area contributed by atoms with E-state index in [-0.39, 0.29) is 5.82 Å². The van der Waals surface area contributed by atoms with E-state index in [0.29, 0.717) is 17.1 Å². The van der Waals surface area contributed by atoms with Crippen molar-refractivity contribution in [2.75, 3.05) is 5.32 Å². The molecule has 4 heteroatoms. The van der Waals surface area contributed by atoms with Crippen LogP contribution in [-0.2, 0) is 12.8 Å². The van der Waals surface area contributed by atoms with Gasteiger partial charge in [-0.1, -0.05) is 0 Å². The summed E-state index contributed by atoms with van der Waals surface area (Å²) in [5, 5.41) is 12.3. The highest BCUT2D eigenvalue weighted by atomic mass is 19.1. The number of nitrogens with one attached hydrogen (secondary N) is 1. The molecule has 0 bridgehead atoms. The van der Waals surface area contributed by atoms with Crippen molar-refractivity contribution >= 4 is 11.5 Å². The van der Waals surface area contributed by atoms with Crippen LogP contribution in [0.4, 0.5) is 15.9 Å². The lowest BCUT2D eigenvalue weighted by Crippen LogP contribution is -2.01. The first-order valence-corrected chi connectivity index (χ1v) is 6.63. The maximum atomic E-state index is 13.4. The number of halogens is 1. The lowest BCUT2D eigenvalue weighted by Gasteiger charge is -2.10. The van der Waals surface area contributed by atoms with Crippen molar-refractivity contribution in [3.05, 3.63) is 52.5 Å². The molecule has 100 valence electrons. The second-order valence-corrected chi connectivity index (χ2v) is 5.10. The molecule has 3 rings (SSSR count). The fourth-order valence-corrected chi connectivity index (χ4v) is 2.60. The fourth-order valence-electron chi connectivity index (χ4n) is 2.60. The molecule has 1 heterocycles. The Morgan fingerprint density at radius 2 is 2.10 bits per heavy atom. The van der Waals surface area contributed by atoms with Crippen LogP contribution >= 0.6 is 0 Å². The van der Waals surface area contributed by atoms with Crippen molar-refractivity contribution in [1.82, 2.24) is 4.98 Å². The van der Waals surface area contributed by atoms with E-state index in [1.165, 1.54) is 12.1 Å². The number of nitriles is 1. The van der Waals surface area contributed by atoms with Crippen LogP contribution in [0.3, 0.4) is 0 Å². The zero-order valence-electron chi connectivity index (χ0n) is 11.2. The van der Waals surface area contributed by atoms with Gasteiger partial charge in [0.2, 0.25) is 0 Å². The maximum absolute atomic E-state index is 13.4. The van der Waals surface area contributed by atoms with Crippen molar-refractivity contribution < 1.29 is 4.39 Å². The second-order valence-electron chi connectivity index (χ2n) is 5.10. The smallest absolute Gasteiger partial charge is 0.148 e. The van der Waals surface area contributed by atoms with Gasteiger partial charge in [-0.05, 0) is 61.6 Å². The van der Waals surface area contributed by atoms with Crippen LogP contribution in [0.2, 0.25) is 0 Å². The van der Waals surface area contributed by atoms with Crippen molar-refractivity contribution in [3.8, 4) is 6.07 Å². The molecule has 0 aliphatic heterocycles. The third-order valence-corrected chi connectivity index (χ3v) is 3.48. The van der Waals surface area contributed by atoms with Gasteiger partial charge in [-0.2, -0.15) is 5.26 Å². The van der Waals surface area contributed by atoms with E-state index < -0.39 is 0 Å². The molecule has 0 unspecified atom stereocenters. The fraction of sp³-hybridized carbons (Fsp3) is 0.250. The number of hydrogen-bond donors (Lipinski definition) is 1. The molecule has 1 aromatic carbocycles. The Kier molecular flexibility index (Phi) is 3.11. The maximum Gasteiger partial charge on any atom is 0.148 e. The molecule has 3 nitrogen and oxygen atoms in total. The Bertz CT molecular complexity index is 696. The number of aryl methyl sites for hydroxylation is 3. The van der Waals surface area contributed by atoms with Crippen molar-refractivity contribution in [2.45, 2.75) is 26.2 Å². The van der Waals surface area contributed by atoms with Gasteiger partial charge in [-0.25, -0.2) is 9.37 Å². The Balaban J connectivity index is 2.00. The van der Waals surface area contributed by atoms with Crippen LogP contribution in [0.15, 0.2) is 24.3 Å². The summed E-state index contributed by atoms with van der Waals surface area (Å²) >= 11 is 0. The highest BCUT2D eigenvalue weighted by Gasteiger charge is 2.16. The number of benzene rings is 1. The highest BCUT2D eigenvalue weighted by molar-refractivity contribution is 5.64. The predicted octanol–water partition coefficient (Wildman–Crippen LogP) is 3.63. The Morgan fingerprint density at radius 3 is 2.85 bits per heavy atom. The molecule has 0 saturated carbocycles. The topological polar surface area (TPSA) is 48.7 Å². The quantitative estimate of drug-likeness (QED) is 0.903. The molecule has 0 spiro atoms.